The standard InChI is InChI=1S/C26H20N4O5/c1-16-12-18(6-5-11-27)13-17(2)25(16)35-24-15-22(29-20-9-7-19(28-3)8-10-20)23(30(32)33)14-21(24)26(31)34-4/h5-10,12-15,29H,1-2,4H3/b6-5+. The van der Waals surface area contributed by atoms with E-state index in [9.17, 15) is 14.9 Å². The van der Waals surface area contributed by atoms with Crippen LogP contribution in [0.3, 0.4) is 0 Å². The highest BCUT2D eigenvalue weighted by molar-refractivity contribution is 5.95. The Morgan fingerprint density at radius 3 is 2.37 bits per heavy atom. The van der Waals surface area contributed by atoms with Crippen LogP contribution >= 0.6 is 0 Å². The molecule has 0 aliphatic carbocycles. The average Bonchev–Trinajstić information content (AvgIpc) is 2.84. The first-order chi connectivity index (χ1) is 16.8. The molecule has 0 bridgehead atoms. The van der Waals surface area contributed by atoms with Gasteiger partial charge in [-0.15, -0.1) is 0 Å². The van der Waals surface area contributed by atoms with Gasteiger partial charge in [0.15, 0.2) is 5.69 Å². The number of anilines is 2. The monoisotopic (exact) mass is 468 g/mol. The number of ether oxygens (including phenoxy) is 2. The molecule has 3 aromatic carbocycles. The van der Waals surface area contributed by atoms with Crippen molar-refractivity contribution in [3.63, 3.8) is 0 Å². The second kappa shape index (κ2) is 10.6. The Morgan fingerprint density at radius 2 is 1.83 bits per heavy atom. The van der Waals surface area contributed by atoms with Crippen LogP contribution in [0.2, 0.25) is 0 Å². The lowest BCUT2D eigenvalue weighted by atomic mass is 10.0. The molecular formula is C26H20N4O5. The second-order valence-electron chi connectivity index (χ2n) is 7.45. The number of nitro groups is 1. The maximum absolute atomic E-state index is 12.5. The quantitative estimate of drug-likeness (QED) is 0.136. The molecule has 0 atom stereocenters. The summed E-state index contributed by atoms with van der Waals surface area (Å²) in [7, 11) is 1.18. The van der Waals surface area contributed by atoms with Crippen LogP contribution in [0.4, 0.5) is 22.7 Å². The molecule has 0 fully saturated rings. The zero-order valence-electron chi connectivity index (χ0n) is 19.2. The number of nitro benzene ring substituents is 1. The van der Waals surface area contributed by atoms with E-state index in [1.165, 1.54) is 19.3 Å². The Kier molecular flexibility index (Phi) is 7.45. The second-order valence-corrected chi connectivity index (χ2v) is 7.45. The SMILES string of the molecule is [C-]#[N+]c1ccc(Nc2cc(Oc3c(C)cc(/C=C/C#N)cc3C)c(C(=O)OC)cc2[N+](=O)[O-])cc1. The van der Waals surface area contributed by atoms with E-state index in [0.29, 0.717) is 17.1 Å². The van der Waals surface area contributed by atoms with Crippen molar-refractivity contribution in [1.29, 1.82) is 5.26 Å². The predicted molar refractivity (Wildman–Crippen MR) is 131 cm³/mol. The van der Waals surface area contributed by atoms with Gasteiger partial charge in [-0.1, -0.05) is 12.1 Å². The summed E-state index contributed by atoms with van der Waals surface area (Å²) in [6.07, 6.45) is 3.03. The summed E-state index contributed by atoms with van der Waals surface area (Å²) in [4.78, 5) is 27.0. The van der Waals surface area contributed by atoms with Gasteiger partial charge in [-0.25, -0.2) is 9.64 Å². The van der Waals surface area contributed by atoms with E-state index in [1.807, 2.05) is 32.0 Å². The van der Waals surface area contributed by atoms with Gasteiger partial charge < -0.3 is 14.8 Å². The van der Waals surface area contributed by atoms with Crippen molar-refractivity contribution in [2.45, 2.75) is 13.8 Å². The zero-order valence-corrected chi connectivity index (χ0v) is 19.2. The van der Waals surface area contributed by atoms with Crippen molar-refractivity contribution in [2.24, 2.45) is 0 Å². The van der Waals surface area contributed by atoms with Crippen molar-refractivity contribution in [1.82, 2.24) is 0 Å². The fourth-order valence-electron chi connectivity index (χ4n) is 3.43. The first-order valence-corrected chi connectivity index (χ1v) is 10.3. The fraction of sp³-hybridized carbons (Fsp3) is 0.115. The molecule has 0 radical (unpaired) electrons. The van der Waals surface area contributed by atoms with E-state index in [4.69, 9.17) is 21.3 Å². The van der Waals surface area contributed by atoms with Crippen molar-refractivity contribution < 1.29 is 19.2 Å². The minimum absolute atomic E-state index is 0.0641. The number of carbonyl (C=O) groups excluding carboxylic acids is 1. The molecule has 0 heterocycles. The molecule has 0 amide bonds. The van der Waals surface area contributed by atoms with Gasteiger partial charge in [-0.2, -0.15) is 5.26 Å². The molecule has 3 rings (SSSR count). The highest BCUT2D eigenvalue weighted by atomic mass is 16.6. The summed E-state index contributed by atoms with van der Waals surface area (Å²) < 4.78 is 10.9. The van der Waals surface area contributed by atoms with Gasteiger partial charge in [0, 0.05) is 23.9 Å². The molecule has 1 N–H and O–H groups in total. The molecular weight excluding hydrogens is 448 g/mol. The summed E-state index contributed by atoms with van der Waals surface area (Å²) in [5.74, 6) is -0.264. The van der Waals surface area contributed by atoms with Gasteiger partial charge in [0.05, 0.1) is 24.7 Å². The van der Waals surface area contributed by atoms with Crippen LogP contribution in [0.1, 0.15) is 27.0 Å². The Bertz CT molecular complexity index is 1390. The fourth-order valence-corrected chi connectivity index (χ4v) is 3.43. The minimum Gasteiger partial charge on any atom is -0.465 e. The predicted octanol–water partition coefficient (Wildman–Crippen LogP) is 6.62. The molecule has 174 valence electrons. The van der Waals surface area contributed by atoms with Gasteiger partial charge in [-0.05, 0) is 60.9 Å². The summed E-state index contributed by atoms with van der Waals surface area (Å²) in [5.41, 5.74) is 2.85. The summed E-state index contributed by atoms with van der Waals surface area (Å²) >= 11 is 0. The molecule has 9 heteroatoms. The van der Waals surface area contributed by atoms with Crippen LogP contribution < -0.4 is 10.1 Å². The first kappa shape index (κ1) is 24.5. The first-order valence-electron chi connectivity index (χ1n) is 10.3. The lowest BCUT2D eigenvalue weighted by Crippen LogP contribution is -2.07. The molecule has 35 heavy (non-hydrogen) atoms. The van der Waals surface area contributed by atoms with Gasteiger partial charge in [0.2, 0.25) is 0 Å². The summed E-state index contributed by atoms with van der Waals surface area (Å²) in [6.45, 7) is 10.7. The number of aryl methyl sites for hydroxylation is 2. The Hall–Kier alpha value is -5.15. The van der Waals surface area contributed by atoms with Crippen LogP contribution in [0, 0.1) is 41.9 Å². The topological polar surface area (TPSA) is 119 Å². The van der Waals surface area contributed by atoms with E-state index >= 15 is 0 Å². The molecule has 0 aromatic heterocycles. The number of rotatable bonds is 7. The number of nitriles is 1. The third-order valence-corrected chi connectivity index (χ3v) is 5.02. The minimum atomic E-state index is -0.792. The van der Waals surface area contributed by atoms with Crippen molar-refractivity contribution in [2.75, 3.05) is 12.4 Å². The number of esters is 1. The summed E-state index contributed by atoms with van der Waals surface area (Å²) in [5, 5.41) is 23.5. The number of methoxy groups -OCH3 is 1. The maximum Gasteiger partial charge on any atom is 0.341 e. The van der Waals surface area contributed by atoms with E-state index in [-0.39, 0.29) is 22.7 Å². The Morgan fingerprint density at radius 1 is 1.17 bits per heavy atom. The van der Waals surface area contributed by atoms with Crippen LogP contribution in [0.5, 0.6) is 11.5 Å². The smallest absolute Gasteiger partial charge is 0.341 e. The highest BCUT2D eigenvalue weighted by Gasteiger charge is 2.25. The normalized spacial score (nSPS) is 10.3. The molecule has 0 saturated carbocycles. The van der Waals surface area contributed by atoms with Crippen LogP contribution in [-0.2, 0) is 4.74 Å². The molecule has 0 spiro atoms. The maximum atomic E-state index is 12.5. The van der Waals surface area contributed by atoms with E-state index in [2.05, 4.69) is 10.2 Å². The number of nitrogens with zero attached hydrogens (tertiary/aromatic N) is 3. The average molecular weight is 468 g/mol. The Balaban J connectivity index is 2.12. The van der Waals surface area contributed by atoms with Crippen LogP contribution in [0.25, 0.3) is 10.9 Å². The molecule has 0 unspecified atom stereocenters. The van der Waals surface area contributed by atoms with Gasteiger partial charge in [0.25, 0.3) is 5.69 Å². The number of hydrogen-bond donors (Lipinski definition) is 1. The number of carbonyl (C=O) groups is 1. The molecule has 0 aliphatic heterocycles. The zero-order chi connectivity index (χ0) is 25.5. The van der Waals surface area contributed by atoms with Gasteiger partial charge in [0.1, 0.15) is 22.7 Å². The van der Waals surface area contributed by atoms with E-state index < -0.39 is 10.9 Å². The van der Waals surface area contributed by atoms with E-state index in [0.717, 1.165) is 22.8 Å². The molecule has 9 nitrogen and oxygen atoms in total. The largest absolute Gasteiger partial charge is 0.465 e. The molecule has 0 saturated heterocycles. The Labute approximate surface area is 201 Å². The van der Waals surface area contributed by atoms with Crippen molar-refractivity contribution >= 4 is 34.8 Å². The third kappa shape index (κ3) is 5.62. The van der Waals surface area contributed by atoms with Crippen LogP contribution in [-0.4, -0.2) is 18.0 Å². The number of allylic oxidation sites excluding steroid dienone is 1. The molecule has 3 aromatic rings. The third-order valence-electron chi connectivity index (χ3n) is 5.02. The number of hydrogen-bond acceptors (Lipinski definition) is 7. The number of nitrogens with one attached hydrogen (secondary N) is 1. The van der Waals surface area contributed by atoms with Gasteiger partial charge >= 0.3 is 5.97 Å². The van der Waals surface area contributed by atoms with Crippen LogP contribution in [0.15, 0.2) is 54.6 Å². The highest BCUT2D eigenvalue weighted by Crippen LogP contribution is 2.39. The van der Waals surface area contributed by atoms with Crippen molar-refractivity contribution in [3.8, 4) is 17.6 Å². The van der Waals surface area contributed by atoms with E-state index in [1.54, 1.807) is 30.3 Å². The van der Waals surface area contributed by atoms with Crippen molar-refractivity contribution in [3.05, 3.63) is 98.4 Å². The number of benzene rings is 3. The molecule has 0 aliphatic rings. The lowest BCUT2D eigenvalue weighted by Gasteiger charge is -2.17. The van der Waals surface area contributed by atoms with Gasteiger partial charge in [-0.3, -0.25) is 10.1 Å². The summed E-state index contributed by atoms with van der Waals surface area (Å²) in [6, 6.07) is 14.4. The lowest BCUT2D eigenvalue weighted by molar-refractivity contribution is -0.384.